The lowest BCUT2D eigenvalue weighted by Gasteiger charge is -2.13. The molecule has 0 bridgehead atoms. The van der Waals surface area contributed by atoms with Gasteiger partial charge >= 0.3 is 14.1 Å². The zero-order valence-corrected chi connectivity index (χ0v) is 50.9. The zero-order chi connectivity index (χ0) is 66.2. The van der Waals surface area contributed by atoms with Crippen LogP contribution in [0.25, 0.3) is 0 Å². The zero-order valence-electron chi connectivity index (χ0n) is 48.5. The van der Waals surface area contributed by atoms with Crippen LogP contribution in [-0.2, 0) is 20.0 Å². The molecule has 29 nitrogen and oxygen atoms in total. The van der Waals surface area contributed by atoms with E-state index in [0.29, 0.717) is 73.7 Å². The van der Waals surface area contributed by atoms with Crippen LogP contribution >= 0.6 is 11.6 Å². The average Bonchev–Trinajstić information content (AvgIpc) is 1.55. The molecule has 0 aliphatic heterocycles. The Hall–Kier alpha value is -9.74. The third-order valence-electron chi connectivity index (χ3n) is 10.4. The van der Waals surface area contributed by atoms with Gasteiger partial charge in [0.1, 0.15) is 29.6 Å². The highest BCUT2D eigenvalue weighted by Crippen LogP contribution is 2.29. The number of hydrogen-bond acceptors (Lipinski definition) is 25. The number of aromatic nitrogens is 4. The molecule has 0 saturated heterocycles. The molecule has 0 spiro atoms. The van der Waals surface area contributed by atoms with Crippen molar-refractivity contribution in [3.05, 3.63) is 195 Å². The van der Waals surface area contributed by atoms with Crippen molar-refractivity contribution in [2.24, 2.45) is 5.73 Å². The predicted molar refractivity (Wildman–Crippen MR) is 343 cm³/mol. The molecule has 14 N–H and O–H groups in total. The summed E-state index contributed by atoms with van der Waals surface area (Å²) in [6.45, 7) is 5.97. The highest BCUT2D eigenvalue weighted by molar-refractivity contribution is 7.92. The molecule has 0 amide bonds. The Morgan fingerprint density at radius 2 is 1.03 bits per heavy atom. The van der Waals surface area contributed by atoms with Gasteiger partial charge in [0.2, 0.25) is 31.3 Å². The van der Waals surface area contributed by atoms with E-state index in [0.717, 1.165) is 36.7 Å². The van der Waals surface area contributed by atoms with Gasteiger partial charge < -0.3 is 67.2 Å². The molecule has 0 aliphatic carbocycles. The molecule has 0 atom stereocenters. The van der Waals surface area contributed by atoms with Crippen molar-refractivity contribution in [2.45, 2.75) is 13.6 Å². The number of sulfonamides is 2. The number of nitrogens with one attached hydrogen (secondary N) is 7. The normalized spacial score (nSPS) is 10.5. The second-order valence-electron chi connectivity index (χ2n) is 18.2. The molecule has 0 saturated carbocycles. The van der Waals surface area contributed by atoms with Gasteiger partial charge in [-0.25, -0.2) is 35.6 Å². The van der Waals surface area contributed by atoms with Gasteiger partial charge in [-0.05, 0) is 85.9 Å². The third-order valence-corrected chi connectivity index (χ3v) is 11.8. The van der Waals surface area contributed by atoms with E-state index in [1.54, 1.807) is 105 Å². The number of non-ortho nitro benzene ring substituents is 2. The maximum atomic E-state index is 14.3. The van der Waals surface area contributed by atoms with Gasteiger partial charge in [0.05, 0.1) is 82.8 Å². The van der Waals surface area contributed by atoms with E-state index in [1.165, 1.54) is 36.4 Å². The average molecular weight is 1310 g/mol. The molecule has 2 aromatic heterocycles. The Labute approximate surface area is 522 Å². The number of nitrogens with two attached hydrogens (primary N) is 2. The number of phenolic OH excluding ortho intramolecular Hbond substituents is 1. The molecule has 0 radical (unpaired) electrons. The number of nitrogens with zero attached hydrogens (tertiary/aromatic N) is 6. The first kappa shape index (κ1) is 72.7. The van der Waals surface area contributed by atoms with Crippen LogP contribution < -0.4 is 61.5 Å². The number of benzene rings is 6. The Bertz CT molecular complexity index is 3830. The first-order chi connectivity index (χ1) is 42.7. The van der Waals surface area contributed by atoms with Crippen LogP contribution in [0, 0.1) is 31.9 Å². The van der Waals surface area contributed by atoms with Crippen LogP contribution in [0.1, 0.15) is 0 Å². The highest BCUT2D eigenvalue weighted by atomic mass is 35.5. The van der Waals surface area contributed by atoms with Crippen molar-refractivity contribution < 1.29 is 64.8 Å². The molecule has 0 unspecified atom stereocenters. The number of rotatable bonds is 25. The Kier molecular flexibility index (Phi) is 30.0. The van der Waals surface area contributed by atoms with Gasteiger partial charge in [0.25, 0.3) is 11.4 Å². The summed E-state index contributed by atoms with van der Waals surface area (Å²) in [7, 11) is -8.05. The minimum atomic E-state index is -3.51. The van der Waals surface area contributed by atoms with Crippen molar-refractivity contribution in [1.82, 2.24) is 30.4 Å². The fourth-order valence-corrected chi connectivity index (χ4v) is 7.99. The number of nitro groups is 2. The lowest BCUT2D eigenvalue weighted by atomic mass is 9.89. The number of para-hydroxylation sites is 4. The SMILES string of the molecule is CB(O)NCCOc1cccc(N)c1.CB(O)NCCOc1cccc([N+](=O)[O-])c1.CS(=O)(=O)Nc1ccccc1Nc1nc(Cl)ncc1F.CS(=O)(=O)Nc1ccccc1Nc1nc(Nc2cccc(OCCN)c2)ncc1F.O=[N+]([O-])c1cccc(O)c1. The first-order valence-electron chi connectivity index (χ1n) is 26.4. The molecule has 478 valence electrons. The number of nitrogen functional groups attached to an aromatic ring is 1. The number of hydrogen-bond donors (Lipinski definition) is 12. The van der Waals surface area contributed by atoms with Crippen LogP contribution in [0.2, 0.25) is 18.9 Å². The number of halogens is 3. The van der Waals surface area contributed by atoms with Gasteiger partial charge in [-0.15, -0.1) is 0 Å². The van der Waals surface area contributed by atoms with E-state index >= 15 is 0 Å². The van der Waals surface area contributed by atoms with Crippen molar-refractivity contribution in [2.75, 3.05) is 83.1 Å². The standard InChI is InChI=1S/C19H21FN6O3S.C11H10ClFN4O2S.C9H13BN2O4.C9H15BN2O2.C6H5NO3/c1-30(27,28)26-17-8-3-2-7-16(17)24-18-15(20)12-22-19(25-18)23-13-5-4-6-14(11-13)29-10-9-21;1-20(18,19)17-9-5-3-2-4-8(9)15-10-7(13)6-14-11(12)16-10;1-10(13)11-5-6-16-9-4-2-3-8(7-9)12(14)15;1-10(13)12-5-6-14-9-4-2-3-8(11)7-9;8-6-3-1-2-5(4-6)7(9)10/h2-8,11-12,26H,9-10,21H2,1H3,(H2,22,23,24,25);2-6,17H,1H3,(H,14,15,16);2-4,7,11,13H,5-6H2,1H3;2-4,7,12-13H,5-6,11H2,1H3;1-4,8H. The second-order valence-corrected chi connectivity index (χ2v) is 22.0. The summed E-state index contributed by atoms with van der Waals surface area (Å²) in [4.78, 5) is 34.8. The minimum absolute atomic E-state index is 0.000912. The van der Waals surface area contributed by atoms with Gasteiger partial charge in [-0.3, -0.25) is 29.7 Å². The summed E-state index contributed by atoms with van der Waals surface area (Å²) in [6.07, 6.45) is 3.98. The summed E-state index contributed by atoms with van der Waals surface area (Å²) < 4.78 is 94.3. The van der Waals surface area contributed by atoms with E-state index in [4.69, 9.17) is 52.4 Å². The Morgan fingerprint density at radius 1 is 0.589 bits per heavy atom. The molecule has 8 rings (SSSR count). The van der Waals surface area contributed by atoms with Gasteiger partial charge in [0.15, 0.2) is 23.3 Å². The number of ether oxygens (including phenoxy) is 3. The molecule has 0 aliphatic rings. The quantitative estimate of drug-likeness (QED) is 0.00657. The topological polar surface area (TPSA) is 431 Å². The molecular weight excluding hydrogens is 1240 g/mol. The number of nitro benzene ring substituents is 2. The summed E-state index contributed by atoms with van der Waals surface area (Å²) >= 11 is 5.59. The van der Waals surface area contributed by atoms with Gasteiger partial charge in [-0.1, -0.05) is 48.5 Å². The van der Waals surface area contributed by atoms with Crippen LogP contribution in [-0.4, -0.2) is 128 Å². The highest BCUT2D eigenvalue weighted by Gasteiger charge is 2.15. The minimum Gasteiger partial charge on any atom is -0.508 e. The van der Waals surface area contributed by atoms with Gasteiger partial charge in [-0.2, -0.15) is 9.97 Å². The summed E-state index contributed by atoms with van der Waals surface area (Å²) in [5, 5.41) is 61.0. The van der Waals surface area contributed by atoms with Crippen molar-refractivity contribution in [1.29, 1.82) is 0 Å². The summed E-state index contributed by atoms with van der Waals surface area (Å²) in [5.41, 5.74) is 13.4. The molecule has 6 aromatic carbocycles. The van der Waals surface area contributed by atoms with E-state index in [9.17, 15) is 45.8 Å². The first-order valence-corrected chi connectivity index (χ1v) is 30.5. The Balaban J connectivity index is 0.000000253. The number of phenols is 1. The molecular formula is C54H64B2ClF2N15O14S2. The van der Waals surface area contributed by atoms with Crippen molar-refractivity contribution >= 4 is 109 Å². The largest absolute Gasteiger partial charge is 0.508 e. The maximum absolute atomic E-state index is 14.3. The molecule has 2 heterocycles. The van der Waals surface area contributed by atoms with Gasteiger partial charge in [0, 0.05) is 55.3 Å². The smallest absolute Gasteiger partial charge is 0.373 e. The molecule has 8 aromatic rings. The Morgan fingerprint density at radius 3 is 1.51 bits per heavy atom. The summed E-state index contributed by atoms with van der Waals surface area (Å²) in [6, 6.07) is 38.4. The van der Waals surface area contributed by atoms with Crippen molar-refractivity contribution in [3.63, 3.8) is 0 Å². The van der Waals surface area contributed by atoms with E-state index < -0.39 is 55.6 Å². The molecule has 90 heavy (non-hydrogen) atoms. The molecule has 36 heteroatoms. The lowest BCUT2D eigenvalue weighted by Crippen LogP contribution is -2.33. The molecule has 0 fully saturated rings. The number of anilines is 9. The van der Waals surface area contributed by atoms with Crippen molar-refractivity contribution in [3.8, 4) is 23.0 Å². The van der Waals surface area contributed by atoms with Crippen LogP contribution in [0.4, 0.5) is 71.9 Å². The van der Waals surface area contributed by atoms with E-state index in [-0.39, 0.29) is 51.4 Å². The third kappa shape index (κ3) is 29.3. The lowest BCUT2D eigenvalue weighted by molar-refractivity contribution is -0.385. The van der Waals surface area contributed by atoms with Crippen LogP contribution in [0.5, 0.6) is 23.0 Å². The fraction of sp³-hybridized carbons (Fsp3) is 0.185. The maximum Gasteiger partial charge on any atom is 0.373 e. The van der Waals surface area contributed by atoms with E-state index in [2.05, 4.69) is 55.8 Å². The second kappa shape index (κ2) is 37.2. The number of aromatic hydroxyl groups is 1. The predicted octanol–water partition coefficient (Wildman–Crippen LogP) is 7.52. The fourth-order valence-electron chi connectivity index (χ4n) is 6.71. The van der Waals surface area contributed by atoms with E-state index in [1.807, 2.05) is 12.1 Å². The summed E-state index contributed by atoms with van der Waals surface area (Å²) in [5.74, 6) is 0.195. The van der Waals surface area contributed by atoms with Crippen LogP contribution in [0.15, 0.2) is 158 Å². The monoisotopic (exact) mass is 1310 g/mol. The van der Waals surface area contributed by atoms with Crippen LogP contribution in [0.3, 0.4) is 0 Å².